The van der Waals surface area contributed by atoms with Crippen molar-refractivity contribution in [2.75, 3.05) is 51.3 Å². The number of hydrogen-bond acceptors (Lipinski definition) is 5. The second kappa shape index (κ2) is 9.70. The minimum Gasteiger partial charge on any atom is -0.356 e. The second-order valence-corrected chi connectivity index (χ2v) is 9.09. The summed E-state index contributed by atoms with van der Waals surface area (Å²) in [7, 11) is -1.07. The molecule has 0 spiro atoms. The fourth-order valence-corrected chi connectivity index (χ4v) is 4.37. The van der Waals surface area contributed by atoms with Gasteiger partial charge in [0.2, 0.25) is 0 Å². The Kier molecular flexibility index (Phi) is 7.05. The topological polar surface area (TPSA) is 91.6 Å². The summed E-state index contributed by atoms with van der Waals surface area (Å²) in [5.41, 5.74) is 2.29. The average Bonchev–Trinajstić information content (AvgIpc) is 3.23. The summed E-state index contributed by atoms with van der Waals surface area (Å²) in [5.74, 6) is 1.29. The largest absolute Gasteiger partial charge is 0.356 e. The maximum atomic E-state index is 11.5. The van der Waals surface area contributed by atoms with Crippen molar-refractivity contribution in [3.05, 3.63) is 48.3 Å². The molecule has 2 N–H and O–H groups in total. The highest BCUT2D eigenvalue weighted by Gasteiger charge is 2.20. The molecule has 1 aromatic carbocycles. The maximum Gasteiger partial charge on any atom is 0.191 e. The molecule has 2 heterocycles. The van der Waals surface area contributed by atoms with Crippen LogP contribution in [0.5, 0.6) is 0 Å². The van der Waals surface area contributed by atoms with E-state index in [4.69, 9.17) is 0 Å². The molecule has 1 aliphatic rings. The first-order chi connectivity index (χ1) is 13.6. The lowest BCUT2D eigenvalue weighted by molar-refractivity contribution is 0.299. The van der Waals surface area contributed by atoms with Crippen LogP contribution >= 0.6 is 0 Å². The van der Waals surface area contributed by atoms with Crippen molar-refractivity contribution in [2.45, 2.75) is 6.42 Å². The Hall–Kier alpha value is -2.39. The lowest BCUT2D eigenvalue weighted by atomic mass is 10.1. The van der Waals surface area contributed by atoms with Crippen molar-refractivity contribution in [1.29, 1.82) is 0 Å². The summed E-state index contributed by atoms with van der Waals surface area (Å²) in [4.78, 5) is 6.41. The van der Waals surface area contributed by atoms with Gasteiger partial charge in [0.25, 0.3) is 0 Å². The van der Waals surface area contributed by atoms with Gasteiger partial charge in [-0.2, -0.15) is 5.10 Å². The molecule has 1 fully saturated rings. The molecule has 9 heteroatoms. The van der Waals surface area contributed by atoms with Crippen LogP contribution in [0.3, 0.4) is 0 Å². The number of guanidine groups is 1. The van der Waals surface area contributed by atoms with E-state index < -0.39 is 9.84 Å². The Balaban J connectivity index is 1.35. The number of sulfone groups is 1. The Morgan fingerprint density at radius 3 is 2.50 bits per heavy atom. The molecule has 0 bridgehead atoms. The third-order valence-electron chi connectivity index (χ3n) is 4.79. The molecule has 0 radical (unpaired) electrons. The van der Waals surface area contributed by atoms with Crippen molar-refractivity contribution in [2.24, 2.45) is 4.99 Å². The molecule has 0 amide bonds. The number of aliphatic imine (C=N–C) groups is 1. The first-order valence-corrected chi connectivity index (χ1v) is 11.3. The van der Waals surface area contributed by atoms with Gasteiger partial charge in [0.15, 0.2) is 15.8 Å². The van der Waals surface area contributed by atoms with E-state index in [1.165, 1.54) is 5.56 Å². The number of benzene rings is 1. The molecule has 1 saturated heterocycles. The monoisotopic (exact) mass is 404 g/mol. The number of rotatable bonds is 7. The van der Waals surface area contributed by atoms with Gasteiger partial charge in [-0.05, 0) is 30.2 Å². The zero-order chi connectivity index (χ0) is 19.8. The Morgan fingerprint density at radius 2 is 1.86 bits per heavy atom. The molecule has 0 atom stereocenters. The van der Waals surface area contributed by atoms with E-state index in [0.717, 1.165) is 37.7 Å². The average molecular weight is 405 g/mol. The predicted octanol–water partition coefficient (Wildman–Crippen LogP) is 0.310. The van der Waals surface area contributed by atoms with Crippen molar-refractivity contribution in [3.8, 4) is 5.69 Å². The van der Waals surface area contributed by atoms with Gasteiger partial charge in [-0.15, -0.1) is 0 Å². The van der Waals surface area contributed by atoms with E-state index in [1.807, 2.05) is 16.9 Å². The van der Waals surface area contributed by atoms with Crippen molar-refractivity contribution in [3.63, 3.8) is 0 Å². The minimum absolute atomic E-state index is 0.263. The number of nitrogens with one attached hydrogen (secondary N) is 2. The quantitative estimate of drug-likeness (QED) is 0.510. The Labute approximate surface area is 166 Å². The van der Waals surface area contributed by atoms with E-state index in [2.05, 4.69) is 49.9 Å². The maximum absolute atomic E-state index is 11.5. The van der Waals surface area contributed by atoms with Crippen LogP contribution in [0.15, 0.2) is 47.7 Å². The van der Waals surface area contributed by atoms with Gasteiger partial charge in [-0.1, -0.05) is 12.1 Å². The summed E-state index contributed by atoms with van der Waals surface area (Å²) in [6.45, 7) is 3.56. The summed E-state index contributed by atoms with van der Waals surface area (Å²) in [5, 5.41) is 10.8. The standard InChI is InChI=1S/C19H28N6O2S/c1-20-19(22-10-12-24-13-15-28(26,27)16-14-24)21-9-7-17-3-5-18(6-4-17)25-11-2-8-23-25/h2-6,8,11H,7,9-10,12-16H2,1H3,(H2,20,21,22). The Morgan fingerprint density at radius 1 is 1.14 bits per heavy atom. The van der Waals surface area contributed by atoms with Gasteiger partial charge in [-0.25, -0.2) is 13.1 Å². The van der Waals surface area contributed by atoms with Gasteiger partial charge in [0.05, 0.1) is 17.2 Å². The molecule has 0 saturated carbocycles. The van der Waals surface area contributed by atoms with Gasteiger partial charge in [0.1, 0.15) is 0 Å². The van der Waals surface area contributed by atoms with E-state index in [1.54, 1.807) is 13.2 Å². The molecule has 1 aliphatic heterocycles. The molecule has 0 unspecified atom stereocenters. The fraction of sp³-hybridized carbons (Fsp3) is 0.474. The SMILES string of the molecule is CN=C(NCCc1ccc(-n2cccn2)cc1)NCCN1CCS(=O)(=O)CC1. The zero-order valence-electron chi connectivity index (χ0n) is 16.2. The van der Waals surface area contributed by atoms with Gasteiger partial charge < -0.3 is 10.6 Å². The van der Waals surface area contributed by atoms with E-state index in [-0.39, 0.29) is 11.5 Å². The van der Waals surface area contributed by atoms with Crippen molar-refractivity contribution >= 4 is 15.8 Å². The molecule has 152 valence electrons. The van der Waals surface area contributed by atoms with Crippen LogP contribution in [0.25, 0.3) is 5.69 Å². The first kappa shape index (κ1) is 20.3. The van der Waals surface area contributed by atoms with Gasteiger partial charge >= 0.3 is 0 Å². The van der Waals surface area contributed by atoms with Gasteiger partial charge in [-0.3, -0.25) is 9.89 Å². The van der Waals surface area contributed by atoms with Crippen LogP contribution in [-0.2, 0) is 16.3 Å². The third-order valence-corrected chi connectivity index (χ3v) is 6.40. The predicted molar refractivity (Wildman–Crippen MR) is 112 cm³/mol. The summed E-state index contributed by atoms with van der Waals surface area (Å²) < 4.78 is 24.8. The normalized spacial score (nSPS) is 17.4. The summed E-state index contributed by atoms with van der Waals surface area (Å²) in [6, 6.07) is 10.3. The lowest BCUT2D eigenvalue weighted by Crippen LogP contribution is -2.46. The Bertz CT molecular complexity index is 848. The van der Waals surface area contributed by atoms with Crippen LogP contribution in [0.1, 0.15) is 5.56 Å². The van der Waals surface area contributed by atoms with Crippen molar-refractivity contribution in [1.82, 2.24) is 25.3 Å². The van der Waals surface area contributed by atoms with Crippen LogP contribution in [0, 0.1) is 0 Å². The van der Waals surface area contributed by atoms with Crippen LogP contribution in [0.4, 0.5) is 0 Å². The van der Waals surface area contributed by atoms with E-state index in [0.29, 0.717) is 13.1 Å². The molecule has 3 rings (SSSR count). The second-order valence-electron chi connectivity index (χ2n) is 6.79. The van der Waals surface area contributed by atoms with E-state index in [9.17, 15) is 8.42 Å². The van der Waals surface area contributed by atoms with Gasteiger partial charge in [0, 0.05) is 52.2 Å². The molecule has 0 aliphatic carbocycles. The number of aromatic nitrogens is 2. The molecule has 28 heavy (non-hydrogen) atoms. The van der Waals surface area contributed by atoms with Crippen molar-refractivity contribution < 1.29 is 8.42 Å². The molecular formula is C19H28N6O2S. The smallest absolute Gasteiger partial charge is 0.191 e. The molecule has 8 nitrogen and oxygen atoms in total. The number of nitrogens with zero attached hydrogens (tertiary/aromatic N) is 4. The lowest BCUT2D eigenvalue weighted by Gasteiger charge is -2.26. The highest BCUT2D eigenvalue weighted by Crippen LogP contribution is 2.08. The summed E-state index contributed by atoms with van der Waals surface area (Å²) >= 11 is 0. The number of hydrogen-bond donors (Lipinski definition) is 2. The van der Waals surface area contributed by atoms with E-state index >= 15 is 0 Å². The highest BCUT2D eigenvalue weighted by atomic mass is 32.2. The first-order valence-electron chi connectivity index (χ1n) is 9.52. The van der Waals surface area contributed by atoms with Crippen LogP contribution in [-0.4, -0.2) is 80.3 Å². The minimum atomic E-state index is -2.82. The molecule has 2 aromatic rings. The van der Waals surface area contributed by atoms with Crippen LogP contribution in [0.2, 0.25) is 0 Å². The van der Waals surface area contributed by atoms with Crippen LogP contribution < -0.4 is 10.6 Å². The fourth-order valence-electron chi connectivity index (χ4n) is 3.09. The summed E-state index contributed by atoms with van der Waals surface area (Å²) in [6.07, 6.45) is 4.59. The highest BCUT2D eigenvalue weighted by molar-refractivity contribution is 7.91. The molecule has 1 aromatic heterocycles. The molecular weight excluding hydrogens is 376 g/mol. The zero-order valence-corrected chi connectivity index (χ0v) is 17.0. The third kappa shape index (κ3) is 6.07.